The Morgan fingerprint density at radius 2 is 1.67 bits per heavy atom. The van der Waals surface area contributed by atoms with Crippen molar-refractivity contribution in [2.75, 3.05) is 29.9 Å². The minimum Gasteiger partial charge on any atom is -0.444 e. The van der Waals surface area contributed by atoms with E-state index in [4.69, 9.17) is 9.72 Å². The van der Waals surface area contributed by atoms with Crippen molar-refractivity contribution in [2.45, 2.75) is 103 Å². The van der Waals surface area contributed by atoms with Crippen molar-refractivity contribution in [1.82, 2.24) is 15.2 Å². The van der Waals surface area contributed by atoms with E-state index in [2.05, 4.69) is 15.5 Å². The standard InChI is InChI=1S/C26H40F3N5O2/c1-16-13-33(14-17(2)34(16)15-26(27,28)29)22-8-7-21(18(3)30-22)31-19-9-25(10-19)11-20(12-25)32-23(35)36-24(4,5)6/h7-8,16-17,19-20,31H,9-15H2,1-6H3,(H,32,35). The van der Waals surface area contributed by atoms with Crippen molar-refractivity contribution in [2.24, 2.45) is 5.41 Å². The smallest absolute Gasteiger partial charge is 0.407 e. The van der Waals surface area contributed by atoms with Gasteiger partial charge in [-0.2, -0.15) is 13.2 Å². The van der Waals surface area contributed by atoms with Crippen LogP contribution in [0, 0.1) is 12.3 Å². The number of hydrogen-bond acceptors (Lipinski definition) is 6. The van der Waals surface area contributed by atoms with Gasteiger partial charge in [-0.15, -0.1) is 0 Å². The predicted molar refractivity (Wildman–Crippen MR) is 134 cm³/mol. The number of alkyl carbamates (subject to hydrolysis) is 1. The number of amides is 1. The van der Waals surface area contributed by atoms with Gasteiger partial charge in [0, 0.05) is 37.3 Å². The number of hydrogen-bond donors (Lipinski definition) is 2. The van der Waals surface area contributed by atoms with Crippen molar-refractivity contribution >= 4 is 17.6 Å². The number of nitrogens with zero attached hydrogens (tertiary/aromatic N) is 3. The summed E-state index contributed by atoms with van der Waals surface area (Å²) in [5, 5.41) is 6.58. The highest BCUT2D eigenvalue weighted by molar-refractivity contribution is 5.68. The van der Waals surface area contributed by atoms with E-state index in [1.807, 2.05) is 53.7 Å². The number of anilines is 2. The number of aromatic nitrogens is 1. The van der Waals surface area contributed by atoms with E-state index < -0.39 is 18.3 Å². The Balaban J connectivity index is 1.25. The van der Waals surface area contributed by atoms with E-state index in [1.165, 1.54) is 4.90 Å². The van der Waals surface area contributed by atoms with Crippen LogP contribution in [0.25, 0.3) is 0 Å². The fraction of sp³-hybridized carbons (Fsp3) is 0.769. The largest absolute Gasteiger partial charge is 0.444 e. The van der Waals surface area contributed by atoms with E-state index in [1.54, 1.807) is 0 Å². The normalized spacial score (nSPS) is 31.0. The Morgan fingerprint density at radius 1 is 1.08 bits per heavy atom. The van der Waals surface area contributed by atoms with Crippen LogP contribution < -0.4 is 15.5 Å². The molecule has 7 nitrogen and oxygen atoms in total. The average Bonchev–Trinajstić information content (AvgIpc) is 2.66. The van der Waals surface area contributed by atoms with E-state index in [0.29, 0.717) is 24.5 Å². The third-order valence-corrected chi connectivity index (χ3v) is 7.66. The second kappa shape index (κ2) is 9.58. The molecule has 10 heteroatoms. The van der Waals surface area contributed by atoms with Gasteiger partial charge >= 0.3 is 12.3 Å². The molecule has 2 aliphatic carbocycles. The van der Waals surface area contributed by atoms with E-state index in [-0.39, 0.29) is 24.2 Å². The van der Waals surface area contributed by atoms with Crippen LogP contribution in [-0.4, -0.2) is 71.6 Å². The molecule has 202 valence electrons. The lowest BCUT2D eigenvalue weighted by molar-refractivity contribution is -0.156. The topological polar surface area (TPSA) is 69.7 Å². The fourth-order valence-corrected chi connectivity index (χ4v) is 6.14. The summed E-state index contributed by atoms with van der Waals surface area (Å²) in [6.45, 7) is 11.4. The molecule has 1 aliphatic heterocycles. The Hall–Kier alpha value is -2.23. The van der Waals surface area contributed by atoms with Gasteiger partial charge in [0.1, 0.15) is 11.4 Å². The monoisotopic (exact) mass is 511 g/mol. The van der Waals surface area contributed by atoms with Gasteiger partial charge in [0.05, 0.1) is 17.9 Å². The second-order valence-electron chi connectivity index (χ2n) is 12.2. The third-order valence-electron chi connectivity index (χ3n) is 7.66. The number of aryl methyl sites for hydroxylation is 1. The van der Waals surface area contributed by atoms with Crippen molar-refractivity contribution in [3.63, 3.8) is 0 Å². The Bertz CT molecular complexity index is 938. The molecule has 4 rings (SSSR count). The first-order chi connectivity index (χ1) is 16.6. The van der Waals surface area contributed by atoms with E-state index in [0.717, 1.165) is 42.9 Å². The summed E-state index contributed by atoms with van der Waals surface area (Å²) in [7, 11) is 0. The molecule has 1 aromatic heterocycles. The molecule has 2 unspecified atom stereocenters. The highest BCUT2D eigenvalue weighted by atomic mass is 19.4. The summed E-state index contributed by atoms with van der Waals surface area (Å²) >= 11 is 0. The quantitative estimate of drug-likeness (QED) is 0.573. The molecule has 3 aliphatic rings. The number of piperazine rings is 1. The SMILES string of the molecule is Cc1nc(N2CC(C)N(CC(F)(F)F)C(C)C2)ccc1NC1CC2(CC(NC(=O)OC(C)(C)C)C2)C1. The average molecular weight is 512 g/mol. The Labute approximate surface area is 212 Å². The minimum absolute atomic E-state index is 0.185. The van der Waals surface area contributed by atoms with Crippen LogP contribution in [0.4, 0.5) is 29.5 Å². The number of nitrogens with one attached hydrogen (secondary N) is 2. The number of ether oxygens (including phenoxy) is 1. The molecule has 1 aromatic rings. The maximum Gasteiger partial charge on any atom is 0.407 e. The molecule has 2 N–H and O–H groups in total. The van der Waals surface area contributed by atoms with Gasteiger partial charge in [-0.05, 0) is 84.8 Å². The number of carbonyl (C=O) groups excluding carboxylic acids is 1. The molecular weight excluding hydrogens is 471 g/mol. The third kappa shape index (κ3) is 6.36. The highest BCUT2D eigenvalue weighted by Gasteiger charge is 2.53. The Kier molecular flexibility index (Phi) is 7.13. The molecule has 0 bridgehead atoms. The van der Waals surface area contributed by atoms with Crippen LogP contribution in [0.5, 0.6) is 0 Å². The summed E-state index contributed by atoms with van der Waals surface area (Å²) < 4.78 is 44.2. The minimum atomic E-state index is -4.19. The Morgan fingerprint density at radius 3 is 2.19 bits per heavy atom. The van der Waals surface area contributed by atoms with Gasteiger partial charge in [0.15, 0.2) is 0 Å². The summed E-state index contributed by atoms with van der Waals surface area (Å²) in [5.41, 5.74) is 1.71. The number of carbonyl (C=O) groups is 1. The molecular formula is C26H40F3N5O2. The summed E-state index contributed by atoms with van der Waals surface area (Å²) in [6.07, 6.45) is -0.437. The summed E-state index contributed by atoms with van der Waals surface area (Å²) in [6, 6.07) is 4.14. The van der Waals surface area contributed by atoms with Gasteiger partial charge in [-0.25, -0.2) is 9.78 Å². The molecule has 3 fully saturated rings. The zero-order chi connectivity index (χ0) is 26.5. The molecule has 36 heavy (non-hydrogen) atoms. The lowest BCUT2D eigenvalue weighted by atomic mass is 9.52. The molecule has 1 saturated heterocycles. The van der Waals surface area contributed by atoms with Crippen LogP contribution in [-0.2, 0) is 4.74 Å². The van der Waals surface area contributed by atoms with Crippen molar-refractivity contribution in [3.8, 4) is 0 Å². The molecule has 2 atom stereocenters. The lowest BCUT2D eigenvalue weighted by Gasteiger charge is -2.58. The first-order valence-electron chi connectivity index (χ1n) is 12.9. The predicted octanol–water partition coefficient (Wildman–Crippen LogP) is 5.10. The summed E-state index contributed by atoms with van der Waals surface area (Å²) in [4.78, 5) is 20.4. The summed E-state index contributed by atoms with van der Waals surface area (Å²) in [5.74, 6) is 0.809. The maximum absolute atomic E-state index is 12.9. The van der Waals surface area contributed by atoms with Crippen molar-refractivity contribution in [3.05, 3.63) is 17.8 Å². The van der Waals surface area contributed by atoms with Crippen molar-refractivity contribution in [1.29, 1.82) is 0 Å². The lowest BCUT2D eigenvalue weighted by Crippen LogP contribution is -2.59. The number of halogens is 3. The van der Waals surface area contributed by atoms with Gasteiger partial charge in [0.2, 0.25) is 0 Å². The van der Waals surface area contributed by atoms with Gasteiger partial charge < -0.3 is 20.3 Å². The zero-order valence-corrected chi connectivity index (χ0v) is 22.2. The number of pyridine rings is 1. The molecule has 0 radical (unpaired) electrons. The van der Waals surface area contributed by atoms with Crippen LogP contribution in [0.3, 0.4) is 0 Å². The van der Waals surface area contributed by atoms with E-state index >= 15 is 0 Å². The molecule has 1 spiro atoms. The van der Waals surface area contributed by atoms with Crippen LogP contribution in [0.15, 0.2) is 12.1 Å². The molecule has 2 heterocycles. The maximum atomic E-state index is 12.9. The fourth-order valence-electron chi connectivity index (χ4n) is 6.14. The first-order valence-corrected chi connectivity index (χ1v) is 12.9. The molecule has 1 amide bonds. The highest BCUT2D eigenvalue weighted by Crippen LogP contribution is 2.56. The van der Waals surface area contributed by atoms with Crippen LogP contribution >= 0.6 is 0 Å². The molecule has 0 aromatic carbocycles. The van der Waals surface area contributed by atoms with Gasteiger partial charge in [0.25, 0.3) is 0 Å². The van der Waals surface area contributed by atoms with Gasteiger partial charge in [-0.3, -0.25) is 4.90 Å². The number of alkyl halides is 3. The van der Waals surface area contributed by atoms with Crippen molar-refractivity contribution < 1.29 is 22.7 Å². The first kappa shape index (κ1) is 26.8. The van der Waals surface area contributed by atoms with Gasteiger partial charge in [-0.1, -0.05) is 0 Å². The van der Waals surface area contributed by atoms with E-state index in [9.17, 15) is 18.0 Å². The van der Waals surface area contributed by atoms with Crippen LogP contribution in [0.1, 0.15) is 66.0 Å². The molecule has 2 saturated carbocycles. The second-order valence-corrected chi connectivity index (χ2v) is 12.2. The number of rotatable bonds is 5. The zero-order valence-electron chi connectivity index (χ0n) is 22.2. The van der Waals surface area contributed by atoms with Crippen LogP contribution in [0.2, 0.25) is 0 Å².